The first-order valence-corrected chi connectivity index (χ1v) is 21.3. The lowest BCUT2D eigenvalue weighted by Gasteiger charge is -2.28. The third-order valence-corrected chi connectivity index (χ3v) is 12.2. The van der Waals surface area contributed by atoms with Gasteiger partial charge in [0.2, 0.25) is 35.4 Å². The van der Waals surface area contributed by atoms with E-state index in [4.69, 9.17) is 4.84 Å². The van der Waals surface area contributed by atoms with Crippen LogP contribution in [0.2, 0.25) is 0 Å². The molecule has 5 rings (SSSR count). The highest BCUT2D eigenvalue weighted by molar-refractivity contribution is 8.00. The lowest BCUT2D eigenvalue weighted by molar-refractivity contribution is -0.201. The predicted molar refractivity (Wildman–Crippen MR) is 208 cm³/mol. The highest BCUT2D eigenvalue weighted by Crippen LogP contribution is 2.30. The molecule has 1 aromatic rings. The van der Waals surface area contributed by atoms with Gasteiger partial charge >= 0.3 is 5.97 Å². The molecule has 57 heavy (non-hydrogen) atoms. The number of amides is 8. The lowest BCUT2D eigenvalue weighted by atomic mass is 9.82. The van der Waals surface area contributed by atoms with Crippen molar-refractivity contribution in [3.05, 3.63) is 30.3 Å². The number of imide groups is 2. The number of carbonyl (C=O) groups excluding carboxylic acids is 9. The maximum absolute atomic E-state index is 13.1. The number of anilines is 1. The van der Waals surface area contributed by atoms with Crippen molar-refractivity contribution in [3.63, 3.8) is 0 Å². The first kappa shape index (κ1) is 43.3. The quantitative estimate of drug-likeness (QED) is 0.105. The Morgan fingerprint density at radius 2 is 1.54 bits per heavy atom. The second-order valence-electron chi connectivity index (χ2n) is 15.2. The fourth-order valence-electron chi connectivity index (χ4n) is 7.48. The Morgan fingerprint density at radius 1 is 0.825 bits per heavy atom. The predicted octanol–water partition coefficient (Wildman–Crippen LogP) is 2.90. The van der Waals surface area contributed by atoms with Crippen molar-refractivity contribution in [1.29, 1.82) is 0 Å². The molecule has 1 unspecified atom stereocenters. The molecule has 1 aromatic carbocycles. The Labute approximate surface area is 336 Å². The third kappa shape index (κ3) is 13.1. The van der Waals surface area contributed by atoms with Crippen molar-refractivity contribution in [2.75, 3.05) is 24.2 Å². The van der Waals surface area contributed by atoms with Gasteiger partial charge in [0.05, 0.1) is 11.2 Å². The van der Waals surface area contributed by atoms with Crippen LogP contribution in [0, 0.1) is 11.8 Å². The molecule has 0 bridgehead atoms. The Kier molecular flexibility index (Phi) is 16.5. The van der Waals surface area contributed by atoms with Gasteiger partial charge in [-0.15, -0.1) is 16.8 Å². The Balaban J connectivity index is 0.905. The number of nitrogens with zero attached hydrogens (tertiary/aromatic N) is 2. The Hall–Kier alpha value is -4.80. The van der Waals surface area contributed by atoms with Crippen LogP contribution in [-0.4, -0.2) is 99.4 Å². The number of benzene rings is 1. The van der Waals surface area contributed by atoms with Crippen molar-refractivity contribution >= 4 is 70.7 Å². The fourth-order valence-corrected chi connectivity index (χ4v) is 8.66. The van der Waals surface area contributed by atoms with E-state index in [0.29, 0.717) is 87.4 Å². The van der Waals surface area contributed by atoms with E-state index in [2.05, 4.69) is 21.3 Å². The zero-order valence-corrected chi connectivity index (χ0v) is 33.1. The van der Waals surface area contributed by atoms with E-state index in [1.165, 1.54) is 16.7 Å². The molecule has 8 amide bonds. The van der Waals surface area contributed by atoms with E-state index in [1.807, 2.05) is 6.07 Å². The SMILES string of the molecule is O=C(CCCCCN1C(=O)CC(SCCCCC[C@H](NC(=O)[C@H]2CCC(=O)N2)C(=O)Nc2ccccc2)C1=O)NCC1CCC(C(=O)ON2C(=O)CCC2=O)CC1. The molecule has 0 aromatic heterocycles. The Bertz CT molecular complexity index is 1640. The van der Waals surface area contributed by atoms with Crippen molar-refractivity contribution in [2.45, 2.75) is 126 Å². The molecule has 310 valence electrons. The second kappa shape index (κ2) is 21.6. The molecular weight excluding hydrogens is 757 g/mol. The molecule has 4 N–H and O–H groups in total. The van der Waals surface area contributed by atoms with Crippen LogP contribution in [0.1, 0.15) is 109 Å². The lowest BCUT2D eigenvalue weighted by Crippen LogP contribution is -2.50. The van der Waals surface area contributed by atoms with E-state index in [9.17, 15) is 43.2 Å². The van der Waals surface area contributed by atoms with Crippen LogP contribution in [-0.2, 0) is 48.0 Å². The number of hydrogen-bond donors (Lipinski definition) is 4. The molecule has 0 spiro atoms. The van der Waals surface area contributed by atoms with Gasteiger partial charge in [0, 0.05) is 50.9 Å². The van der Waals surface area contributed by atoms with Gasteiger partial charge < -0.3 is 26.1 Å². The first-order chi connectivity index (χ1) is 27.5. The zero-order valence-electron chi connectivity index (χ0n) is 32.3. The van der Waals surface area contributed by atoms with Gasteiger partial charge in [0.25, 0.3) is 11.8 Å². The van der Waals surface area contributed by atoms with Crippen LogP contribution >= 0.6 is 11.8 Å². The maximum atomic E-state index is 13.1. The zero-order chi connectivity index (χ0) is 40.7. The highest BCUT2D eigenvalue weighted by atomic mass is 32.2. The minimum absolute atomic E-state index is 0.0553. The molecule has 3 atom stereocenters. The number of unbranched alkanes of at least 4 members (excludes halogenated alkanes) is 4. The minimum atomic E-state index is -0.776. The summed E-state index contributed by atoms with van der Waals surface area (Å²) in [6.07, 6.45) is 8.36. The number of nitrogens with one attached hydrogen (secondary N) is 4. The summed E-state index contributed by atoms with van der Waals surface area (Å²) in [5.74, 6) is -2.36. The third-order valence-electron chi connectivity index (χ3n) is 10.9. The highest BCUT2D eigenvalue weighted by Gasteiger charge is 2.39. The number of hydrogen-bond acceptors (Lipinski definition) is 11. The minimum Gasteiger partial charge on any atom is -0.356 e. The van der Waals surface area contributed by atoms with Crippen LogP contribution in [0.15, 0.2) is 30.3 Å². The molecule has 3 heterocycles. The summed E-state index contributed by atoms with van der Waals surface area (Å²) < 4.78 is 0. The van der Waals surface area contributed by atoms with Crippen molar-refractivity contribution in [2.24, 2.45) is 11.8 Å². The molecule has 1 saturated carbocycles. The number of carbonyl (C=O) groups is 9. The average Bonchev–Trinajstić information content (AvgIpc) is 3.87. The standard InChI is InChI=1S/C40H54N6O10S/c47-32(41-25-26-14-16-27(17-15-26)40(55)56-46-34(49)20-21-35(46)50)13-7-2-8-22-45-36(51)24-31(39(45)54)57-23-9-3-6-12-29(37(52)42-28-10-4-1-5-11-28)44-38(53)30-18-19-33(48)43-30/h1,4-5,10-11,26-27,29-31H,2-3,6-9,12-25H2,(H,41,47)(H,42,52)(H,43,48)(H,44,53)/t26?,27?,29-,30+,31?/m0/s1. The van der Waals surface area contributed by atoms with E-state index in [0.717, 1.165) is 25.7 Å². The summed E-state index contributed by atoms with van der Waals surface area (Å²) in [5, 5.41) is 11.4. The summed E-state index contributed by atoms with van der Waals surface area (Å²) >= 11 is 1.46. The van der Waals surface area contributed by atoms with Gasteiger partial charge in [-0.25, -0.2) is 4.79 Å². The molecule has 4 fully saturated rings. The van der Waals surface area contributed by atoms with Gasteiger partial charge in [-0.05, 0) is 81.6 Å². The maximum Gasteiger partial charge on any atom is 0.336 e. The molecule has 3 aliphatic heterocycles. The van der Waals surface area contributed by atoms with E-state index >= 15 is 0 Å². The van der Waals surface area contributed by atoms with Crippen molar-refractivity contribution in [3.8, 4) is 0 Å². The van der Waals surface area contributed by atoms with Gasteiger partial charge in [0.1, 0.15) is 12.1 Å². The van der Waals surface area contributed by atoms with Crippen LogP contribution in [0.25, 0.3) is 0 Å². The van der Waals surface area contributed by atoms with E-state index in [1.54, 1.807) is 24.3 Å². The largest absolute Gasteiger partial charge is 0.356 e. The second-order valence-corrected chi connectivity index (χ2v) is 16.5. The molecule has 16 nitrogen and oxygen atoms in total. The van der Waals surface area contributed by atoms with Crippen molar-refractivity contribution < 1.29 is 48.0 Å². The van der Waals surface area contributed by atoms with Crippen LogP contribution in [0.4, 0.5) is 5.69 Å². The first-order valence-electron chi connectivity index (χ1n) is 20.2. The molecule has 1 aliphatic carbocycles. The fraction of sp³-hybridized carbons (Fsp3) is 0.625. The van der Waals surface area contributed by atoms with Crippen LogP contribution < -0.4 is 21.3 Å². The normalized spacial score (nSPS) is 22.7. The smallest absolute Gasteiger partial charge is 0.336 e. The topological polar surface area (TPSA) is 217 Å². The van der Waals surface area contributed by atoms with Crippen molar-refractivity contribution in [1.82, 2.24) is 25.9 Å². The summed E-state index contributed by atoms with van der Waals surface area (Å²) in [6, 6.07) is 7.54. The molecule has 17 heteroatoms. The van der Waals surface area contributed by atoms with Gasteiger partial charge in [-0.3, -0.25) is 43.3 Å². The van der Waals surface area contributed by atoms with E-state index < -0.39 is 35.1 Å². The number of hydroxylamine groups is 2. The van der Waals surface area contributed by atoms with E-state index in [-0.39, 0.29) is 73.0 Å². The summed E-state index contributed by atoms with van der Waals surface area (Å²) in [4.78, 5) is 118. The number of para-hydroxylation sites is 1. The summed E-state index contributed by atoms with van der Waals surface area (Å²) in [7, 11) is 0. The summed E-state index contributed by atoms with van der Waals surface area (Å²) in [6.45, 7) is 0.831. The van der Waals surface area contributed by atoms with Gasteiger partial charge in [-0.2, -0.15) is 0 Å². The number of rotatable bonds is 21. The molecule has 0 radical (unpaired) electrons. The Morgan fingerprint density at radius 3 is 2.25 bits per heavy atom. The van der Waals surface area contributed by atoms with Gasteiger partial charge in [-0.1, -0.05) is 37.5 Å². The molecule has 4 aliphatic rings. The monoisotopic (exact) mass is 810 g/mol. The number of likely N-dealkylation sites (tertiary alicyclic amines) is 1. The van der Waals surface area contributed by atoms with Gasteiger partial charge in [0.15, 0.2) is 0 Å². The molecular formula is C40H54N6O10S. The van der Waals surface area contributed by atoms with Crippen LogP contribution in [0.5, 0.6) is 0 Å². The van der Waals surface area contributed by atoms with Crippen LogP contribution in [0.3, 0.4) is 0 Å². The average molecular weight is 811 g/mol. The molecule has 3 saturated heterocycles. The number of thioether (sulfide) groups is 1. The summed E-state index contributed by atoms with van der Waals surface area (Å²) in [5.41, 5.74) is 0.617.